The van der Waals surface area contributed by atoms with Crippen molar-refractivity contribution in [3.05, 3.63) is 0 Å². The average Bonchev–Trinajstić information content (AvgIpc) is 3.14. The minimum absolute atomic E-state index is 0.300. The molecular formula is C24H37NO9. The molecule has 5 aliphatic carbocycles. The molecule has 10 heteroatoms. The second-order valence-electron chi connectivity index (χ2n) is 11.9. The van der Waals surface area contributed by atoms with E-state index in [-0.39, 0.29) is 12.3 Å². The summed E-state index contributed by atoms with van der Waals surface area (Å²) in [4.78, 5) is 16.1. The molecule has 1 spiro atoms. The molecule has 0 radical (unpaired) electrons. The van der Waals surface area contributed by atoms with Gasteiger partial charge in [-0.05, 0) is 19.9 Å². The number of hydrogen-bond acceptors (Lipinski definition) is 10. The highest BCUT2D eigenvalue weighted by Gasteiger charge is 2.94. The van der Waals surface area contributed by atoms with Crippen LogP contribution in [0, 0.1) is 28.6 Å². The van der Waals surface area contributed by atoms with Crippen molar-refractivity contribution in [1.82, 2.24) is 4.90 Å². The maximum absolute atomic E-state index is 13.9. The third-order valence-corrected chi connectivity index (χ3v) is 11.1. The molecule has 0 aromatic carbocycles. The summed E-state index contributed by atoms with van der Waals surface area (Å²) in [6, 6.07) is -0.474. The summed E-state index contributed by atoms with van der Waals surface area (Å²) >= 11 is 0. The number of rotatable bonds is 5. The first-order valence-electron chi connectivity index (χ1n) is 12.2. The van der Waals surface area contributed by atoms with E-state index in [1.54, 1.807) is 21.3 Å². The Hall–Kier alpha value is -0.690. The SMILES string of the molecule is COC[C@@]12CC[C@H](OC)[C@]34C([C@H]([C@H](OC)[C@H]13)[C@@]1(O)C(=O)[C@H](OC)[C@@]3(O)C[C@]4(O)[C@@H]1[C@H]3O)N(C)C2. The Morgan fingerprint density at radius 2 is 1.76 bits per heavy atom. The van der Waals surface area contributed by atoms with Gasteiger partial charge in [0.25, 0.3) is 0 Å². The standard InChI is InChI=1S/C24H37NO9/c1-25-9-20(10-31-2)7-6-11(32-3)23-14(20)13(33-4)12(16(23)25)24(30)15-17(26)21(28,8-22(15,23)29)19(34-5)18(24)27/h11-17,19,26,28-30H,6-10H2,1-5H3/t11-,12-,13-,14+,15-,16?,17+,19-,20-,21+,22-,23+,24-/m0/s1. The van der Waals surface area contributed by atoms with Crippen molar-refractivity contribution in [3.8, 4) is 0 Å². The zero-order valence-corrected chi connectivity index (χ0v) is 20.4. The van der Waals surface area contributed by atoms with Gasteiger partial charge in [0, 0.05) is 70.1 Å². The number of ketones is 1. The Labute approximate surface area is 199 Å². The molecular weight excluding hydrogens is 446 g/mol. The van der Waals surface area contributed by atoms with Crippen molar-refractivity contribution in [2.75, 3.05) is 48.6 Å². The van der Waals surface area contributed by atoms with Gasteiger partial charge in [0.1, 0.15) is 17.3 Å². The second kappa shape index (κ2) is 6.79. The first-order chi connectivity index (χ1) is 16.0. The van der Waals surface area contributed by atoms with E-state index in [0.29, 0.717) is 19.6 Å². The molecule has 1 saturated heterocycles. The predicted molar refractivity (Wildman–Crippen MR) is 116 cm³/mol. The van der Waals surface area contributed by atoms with Crippen molar-refractivity contribution in [2.45, 2.75) is 66.5 Å². The molecule has 1 aliphatic heterocycles. The van der Waals surface area contributed by atoms with E-state index in [9.17, 15) is 25.2 Å². The number of ether oxygens (including phenoxy) is 4. The molecule has 0 aromatic heterocycles. The fraction of sp³-hybridized carbons (Fsp3) is 0.958. The minimum atomic E-state index is -2.15. The lowest BCUT2D eigenvalue weighted by atomic mass is 9.41. The molecule has 7 bridgehead atoms. The average molecular weight is 484 g/mol. The van der Waals surface area contributed by atoms with E-state index in [1.807, 2.05) is 7.05 Å². The lowest BCUT2D eigenvalue weighted by molar-refractivity contribution is -0.319. The normalized spacial score (nSPS) is 61.7. The summed E-state index contributed by atoms with van der Waals surface area (Å²) in [5.41, 5.74) is -7.42. The van der Waals surface area contributed by atoms with Gasteiger partial charge in [-0.1, -0.05) is 0 Å². The smallest absolute Gasteiger partial charge is 0.196 e. The Morgan fingerprint density at radius 3 is 2.35 bits per heavy atom. The molecule has 10 nitrogen and oxygen atoms in total. The first kappa shape index (κ1) is 23.7. The molecule has 6 rings (SSSR count). The monoisotopic (exact) mass is 483 g/mol. The van der Waals surface area contributed by atoms with Gasteiger partial charge in [-0.2, -0.15) is 0 Å². The van der Waals surface area contributed by atoms with Gasteiger partial charge >= 0.3 is 0 Å². The molecule has 4 N–H and O–H groups in total. The van der Waals surface area contributed by atoms with Crippen molar-refractivity contribution in [2.24, 2.45) is 28.6 Å². The Bertz CT molecular complexity index is 919. The summed E-state index contributed by atoms with van der Waals surface area (Å²) in [5.74, 6) is -3.07. The number of carbonyl (C=O) groups is 1. The number of piperidine rings is 1. The van der Waals surface area contributed by atoms with Crippen LogP contribution in [0.5, 0.6) is 0 Å². The number of nitrogens with zero attached hydrogens (tertiary/aromatic N) is 1. The Morgan fingerprint density at radius 1 is 1.06 bits per heavy atom. The number of likely N-dealkylation sites (tertiary alicyclic amines) is 1. The highest BCUT2D eigenvalue weighted by Crippen LogP contribution is 2.80. The van der Waals surface area contributed by atoms with E-state index in [2.05, 4.69) is 4.90 Å². The van der Waals surface area contributed by atoms with E-state index in [1.165, 1.54) is 7.11 Å². The third kappa shape index (κ3) is 2.02. The second-order valence-corrected chi connectivity index (χ2v) is 11.9. The zero-order chi connectivity index (χ0) is 24.6. The number of aliphatic hydroxyl groups excluding tert-OH is 1. The van der Waals surface area contributed by atoms with Crippen LogP contribution in [0.4, 0.5) is 0 Å². The van der Waals surface area contributed by atoms with E-state index < -0.39 is 75.7 Å². The van der Waals surface area contributed by atoms with Crippen LogP contribution in [0.2, 0.25) is 0 Å². The van der Waals surface area contributed by atoms with Gasteiger partial charge < -0.3 is 44.3 Å². The third-order valence-electron chi connectivity index (χ3n) is 11.1. The summed E-state index contributed by atoms with van der Waals surface area (Å²) in [6.07, 6.45) is -2.94. The molecule has 0 amide bonds. The molecule has 13 atom stereocenters. The van der Waals surface area contributed by atoms with Crippen molar-refractivity contribution >= 4 is 5.78 Å². The van der Waals surface area contributed by atoms with Crippen LogP contribution < -0.4 is 0 Å². The lowest BCUT2D eigenvalue weighted by Crippen LogP contribution is -2.83. The topological polar surface area (TPSA) is 138 Å². The number of fused-ring (bicyclic) bond motifs is 2. The molecule has 34 heavy (non-hydrogen) atoms. The number of aliphatic hydroxyl groups is 4. The van der Waals surface area contributed by atoms with Crippen LogP contribution >= 0.6 is 0 Å². The van der Waals surface area contributed by atoms with Gasteiger partial charge in [-0.3, -0.25) is 4.79 Å². The van der Waals surface area contributed by atoms with Gasteiger partial charge in [-0.15, -0.1) is 0 Å². The fourth-order valence-electron chi connectivity index (χ4n) is 10.7. The van der Waals surface area contributed by atoms with Crippen LogP contribution in [0.1, 0.15) is 19.3 Å². The lowest BCUT2D eigenvalue weighted by Gasteiger charge is -2.70. The van der Waals surface area contributed by atoms with E-state index in [0.717, 1.165) is 6.42 Å². The fourth-order valence-corrected chi connectivity index (χ4v) is 10.7. The number of hydrogen-bond donors (Lipinski definition) is 4. The van der Waals surface area contributed by atoms with Gasteiger partial charge in [0.05, 0.1) is 36.4 Å². The molecule has 6 aliphatic rings. The number of carbonyl (C=O) groups excluding carboxylic acids is 1. The number of methoxy groups -OCH3 is 4. The predicted octanol–water partition coefficient (Wildman–Crippen LogP) is -1.83. The molecule has 192 valence electrons. The van der Waals surface area contributed by atoms with Crippen LogP contribution in [-0.4, -0.2) is 127 Å². The molecule has 6 fully saturated rings. The quantitative estimate of drug-likeness (QED) is 0.353. The van der Waals surface area contributed by atoms with Gasteiger partial charge in [-0.25, -0.2) is 0 Å². The summed E-state index contributed by atoms with van der Waals surface area (Å²) < 4.78 is 23.4. The van der Waals surface area contributed by atoms with Crippen molar-refractivity contribution in [3.63, 3.8) is 0 Å². The van der Waals surface area contributed by atoms with E-state index >= 15 is 0 Å². The van der Waals surface area contributed by atoms with Crippen LogP contribution in [0.3, 0.4) is 0 Å². The highest BCUT2D eigenvalue weighted by molar-refractivity contribution is 5.96. The minimum Gasteiger partial charge on any atom is -0.389 e. The Kier molecular flexibility index (Phi) is 4.73. The summed E-state index contributed by atoms with van der Waals surface area (Å²) in [6.45, 7) is 1.07. The number of Topliss-reactive ketones (excluding diaryl/α,β-unsaturated/α-hetero) is 1. The first-order valence-corrected chi connectivity index (χ1v) is 12.2. The molecule has 0 aromatic rings. The van der Waals surface area contributed by atoms with Crippen molar-refractivity contribution < 1.29 is 44.2 Å². The molecule has 1 unspecified atom stereocenters. The van der Waals surface area contributed by atoms with Crippen LogP contribution in [-0.2, 0) is 23.7 Å². The van der Waals surface area contributed by atoms with Crippen molar-refractivity contribution in [1.29, 1.82) is 0 Å². The van der Waals surface area contributed by atoms with Gasteiger partial charge in [0.15, 0.2) is 5.78 Å². The Balaban J connectivity index is 1.72. The van der Waals surface area contributed by atoms with E-state index in [4.69, 9.17) is 18.9 Å². The molecule has 5 saturated carbocycles. The van der Waals surface area contributed by atoms with Crippen LogP contribution in [0.25, 0.3) is 0 Å². The summed E-state index contributed by atoms with van der Waals surface area (Å²) in [5, 5.41) is 48.4. The largest absolute Gasteiger partial charge is 0.389 e. The van der Waals surface area contributed by atoms with Crippen LogP contribution in [0.15, 0.2) is 0 Å². The zero-order valence-electron chi connectivity index (χ0n) is 20.4. The summed E-state index contributed by atoms with van der Waals surface area (Å²) in [7, 11) is 8.07. The highest BCUT2D eigenvalue weighted by atomic mass is 16.5. The molecule has 1 heterocycles. The van der Waals surface area contributed by atoms with Gasteiger partial charge in [0.2, 0.25) is 0 Å². The maximum atomic E-state index is 13.9. The maximum Gasteiger partial charge on any atom is 0.196 e.